The normalized spacial score (nSPS) is 10.6. The summed E-state index contributed by atoms with van der Waals surface area (Å²) in [6, 6.07) is 7.78. The van der Waals surface area contributed by atoms with E-state index in [0.29, 0.717) is 21.4 Å². The fourth-order valence-electron chi connectivity index (χ4n) is 2.92. The first-order chi connectivity index (χ1) is 14.5. The summed E-state index contributed by atoms with van der Waals surface area (Å²) in [6.45, 7) is 6.40. The van der Waals surface area contributed by atoms with E-state index >= 15 is 0 Å². The minimum atomic E-state index is 0.216. The van der Waals surface area contributed by atoms with Gasteiger partial charge >= 0.3 is 0 Å². The van der Waals surface area contributed by atoms with Gasteiger partial charge in [0.25, 0.3) is 0 Å². The van der Waals surface area contributed by atoms with Crippen molar-refractivity contribution in [3.05, 3.63) is 64.3 Å². The first-order valence-electron chi connectivity index (χ1n) is 9.61. The van der Waals surface area contributed by atoms with E-state index in [1.165, 1.54) is 12.7 Å². The van der Waals surface area contributed by atoms with Crippen LogP contribution in [0.4, 0.5) is 0 Å². The molecular weight excluding hydrogens is 421 g/mol. The molecule has 0 aliphatic carbocycles. The molecule has 0 aliphatic heterocycles. The van der Waals surface area contributed by atoms with Crippen LogP contribution in [0.1, 0.15) is 31.5 Å². The standard InChI is InChI=1S/C19H15Cl2N5O.C3H8/c1-11-6-13(19-23-10-24-26(19)2)12-4-3-5-17(18(12)25-11)27-9-14-15(20)7-22-8-16(14)21;1-3-2/h3-8,10H,9H2,1-2H3;3H2,1-2H3. The molecule has 0 saturated carbocycles. The van der Waals surface area contributed by atoms with Gasteiger partial charge in [-0.2, -0.15) is 5.10 Å². The Balaban J connectivity index is 0.000000806. The number of aromatic nitrogens is 5. The molecule has 156 valence electrons. The number of fused-ring (bicyclic) bond motifs is 1. The highest BCUT2D eigenvalue weighted by Crippen LogP contribution is 2.33. The molecule has 6 nitrogen and oxygen atoms in total. The topological polar surface area (TPSA) is 65.7 Å². The van der Waals surface area contributed by atoms with Crippen LogP contribution in [0.2, 0.25) is 10.0 Å². The fraction of sp³-hybridized carbons (Fsp3) is 0.273. The summed E-state index contributed by atoms with van der Waals surface area (Å²) in [4.78, 5) is 13.0. The molecule has 0 amide bonds. The maximum Gasteiger partial charge on any atom is 0.158 e. The molecule has 4 aromatic rings. The van der Waals surface area contributed by atoms with Crippen molar-refractivity contribution in [3.8, 4) is 17.1 Å². The van der Waals surface area contributed by atoms with E-state index in [-0.39, 0.29) is 6.61 Å². The summed E-state index contributed by atoms with van der Waals surface area (Å²) in [5.41, 5.74) is 3.24. The summed E-state index contributed by atoms with van der Waals surface area (Å²) in [5, 5.41) is 6.03. The number of hydrogen-bond acceptors (Lipinski definition) is 5. The van der Waals surface area contributed by atoms with Crippen LogP contribution in [-0.4, -0.2) is 24.7 Å². The lowest BCUT2D eigenvalue weighted by Gasteiger charge is -2.13. The number of nitrogens with zero attached hydrogens (tertiary/aromatic N) is 5. The molecule has 0 N–H and O–H groups in total. The Labute approximate surface area is 185 Å². The van der Waals surface area contributed by atoms with Crippen molar-refractivity contribution in [1.82, 2.24) is 24.7 Å². The van der Waals surface area contributed by atoms with Gasteiger partial charge in [-0.1, -0.05) is 55.6 Å². The van der Waals surface area contributed by atoms with Gasteiger partial charge in [-0.05, 0) is 19.1 Å². The van der Waals surface area contributed by atoms with Gasteiger partial charge in [0.1, 0.15) is 24.2 Å². The molecule has 1 aromatic carbocycles. The molecule has 4 rings (SSSR count). The predicted molar refractivity (Wildman–Crippen MR) is 121 cm³/mol. The smallest absolute Gasteiger partial charge is 0.158 e. The van der Waals surface area contributed by atoms with Gasteiger partial charge in [0.15, 0.2) is 5.82 Å². The maximum absolute atomic E-state index is 6.19. The summed E-state index contributed by atoms with van der Waals surface area (Å²) >= 11 is 12.4. The second kappa shape index (κ2) is 9.87. The molecular formula is C22H23Cl2N5O. The number of pyridine rings is 2. The van der Waals surface area contributed by atoms with Gasteiger partial charge < -0.3 is 4.74 Å². The molecule has 0 fully saturated rings. The lowest BCUT2D eigenvalue weighted by Crippen LogP contribution is -2.01. The van der Waals surface area contributed by atoms with Crippen molar-refractivity contribution in [2.24, 2.45) is 7.05 Å². The van der Waals surface area contributed by atoms with Gasteiger partial charge in [-0.3, -0.25) is 4.98 Å². The van der Waals surface area contributed by atoms with Crippen LogP contribution in [0, 0.1) is 6.92 Å². The van der Waals surface area contributed by atoms with Crippen LogP contribution in [0.15, 0.2) is 43.0 Å². The van der Waals surface area contributed by atoms with Crippen LogP contribution in [0.3, 0.4) is 0 Å². The van der Waals surface area contributed by atoms with Crippen LogP contribution in [-0.2, 0) is 13.7 Å². The van der Waals surface area contributed by atoms with E-state index in [9.17, 15) is 0 Å². The molecule has 0 radical (unpaired) electrons. The van der Waals surface area contributed by atoms with Crippen molar-refractivity contribution >= 4 is 34.1 Å². The maximum atomic E-state index is 6.19. The van der Waals surface area contributed by atoms with Gasteiger partial charge in [0, 0.05) is 41.6 Å². The molecule has 3 heterocycles. The molecule has 30 heavy (non-hydrogen) atoms. The number of benzene rings is 1. The first-order valence-corrected chi connectivity index (χ1v) is 10.4. The Kier molecular flexibility index (Phi) is 7.24. The number of halogens is 2. The molecule has 3 aromatic heterocycles. The van der Waals surface area contributed by atoms with Crippen LogP contribution >= 0.6 is 23.2 Å². The quantitative estimate of drug-likeness (QED) is 0.384. The average molecular weight is 444 g/mol. The van der Waals surface area contributed by atoms with Crippen LogP contribution < -0.4 is 4.74 Å². The van der Waals surface area contributed by atoms with E-state index in [1.807, 2.05) is 38.2 Å². The van der Waals surface area contributed by atoms with Gasteiger partial charge in [-0.15, -0.1) is 0 Å². The second-order valence-electron chi connectivity index (χ2n) is 6.75. The molecule has 0 atom stereocenters. The van der Waals surface area contributed by atoms with E-state index in [2.05, 4.69) is 33.9 Å². The van der Waals surface area contributed by atoms with E-state index in [4.69, 9.17) is 27.9 Å². The third kappa shape index (κ3) is 4.71. The molecule has 8 heteroatoms. The Morgan fingerprint density at radius 2 is 1.80 bits per heavy atom. The fourth-order valence-corrected chi connectivity index (χ4v) is 3.39. The molecule has 0 saturated heterocycles. The number of hydrogen-bond donors (Lipinski definition) is 0. The zero-order valence-corrected chi connectivity index (χ0v) is 18.9. The largest absolute Gasteiger partial charge is 0.487 e. The zero-order valence-electron chi connectivity index (χ0n) is 17.4. The summed E-state index contributed by atoms with van der Waals surface area (Å²) in [6.07, 6.45) is 5.87. The van der Waals surface area contributed by atoms with E-state index in [0.717, 1.165) is 28.0 Å². The van der Waals surface area contributed by atoms with Crippen molar-refractivity contribution in [1.29, 1.82) is 0 Å². The Morgan fingerprint density at radius 1 is 1.10 bits per heavy atom. The third-order valence-electron chi connectivity index (χ3n) is 4.21. The highest BCUT2D eigenvalue weighted by molar-refractivity contribution is 6.35. The van der Waals surface area contributed by atoms with Crippen LogP contribution in [0.25, 0.3) is 22.3 Å². The Bertz CT molecular complexity index is 1140. The highest BCUT2D eigenvalue weighted by atomic mass is 35.5. The Morgan fingerprint density at radius 3 is 2.43 bits per heavy atom. The van der Waals surface area contributed by atoms with Crippen molar-refractivity contribution in [2.75, 3.05) is 0 Å². The molecule has 0 spiro atoms. The van der Waals surface area contributed by atoms with Crippen molar-refractivity contribution in [2.45, 2.75) is 33.8 Å². The summed E-state index contributed by atoms with van der Waals surface area (Å²) in [5.74, 6) is 1.41. The molecule has 0 aliphatic rings. The van der Waals surface area contributed by atoms with Gasteiger partial charge in [-0.25, -0.2) is 14.6 Å². The lowest BCUT2D eigenvalue weighted by molar-refractivity contribution is 0.309. The summed E-state index contributed by atoms with van der Waals surface area (Å²) in [7, 11) is 1.86. The monoisotopic (exact) mass is 443 g/mol. The molecule has 0 bridgehead atoms. The second-order valence-corrected chi connectivity index (χ2v) is 7.56. The predicted octanol–water partition coefficient (Wildman–Crippen LogP) is 6.04. The number of rotatable bonds is 4. The molecule has 0 unspecified atom stereocenters. The van der Waals surface area contributed by atoms with Crippen molar-refractivity contribution in [3.63, 3.8) is 0 Å². The number of aryl methyl sites for hydroxylation is 2. The first kappa shape index (κ1) is 22.0. The minimum absolute atomic E-state index is 0.216. The SMILES string of the molecule is CCC.Cc1cc(-c2ncnn2C)c2cccc(OCc3c(Cl)cncc3Cl)c2n1. The van der Waals surface area contributed by atoms with Crippen LogP contribution in [0.5, 0.6) is 5.75 Å². The van der Waals surface area contributed by atoms with Gasteiger partial charge in [0.2, 0.25) is 0 Å². The number of para-hydroxylation sites is 1. The minimum Gasteiger partial charge on any atom is -0.487 e. The highest BCUT2D eigenvalue weighted by Gasteiger charge is 2.15. The average Bonchev–Trinajstić information content (AvgIpc) is 3.13. The summed E-state index contributed by atoms with van der Waals surface area (Å²) < 4.78 is 7.76. The number of ether oxygens (including phenoxy) is 1. The van der Waals surface area contributed by atoms with Gasteiger partial charge in [0.05, 0.1) is 10.0 Å². The van der Waals surface area contributed by atoms with E-state index in [1.54, 1.807) is 17.1 Å². The Hall–Kier alpha value is -2.70. The van der Waals surface area contributed by atoms with E-state index < -0.39 is 0 Å². The zero-order chi connectivity index (χ0) is 21.7. The lowest BCUT2D eigenvalue weighted by atomic mass is 10.1. The third-order valence-corrected chi connectivity index (χ3v) is 4.86. The van der Waals surface area contributed by atoms with Crippen molar-refractivity contribution < 1.29 is 4.74 Å².